The van der Waals surface area contributed by atoms with Crippen LogP contribution in [0.15, 0.2) is 83.9 Å². The summed E-state index contributed by atoms with van der Waals surface area (Å²) in [4.78, 5) is 107. The monoisotopic (exact) mass is 1090 g/mol. The van der Waals surface area contributed by atoms with Crippen LogP contribution >= 0.6 is 22.9 Å². The molecule has 20 heteroatoms. The maximum atomic E-state index is 14.4. The molecule has 5 aromatic rings. The van der Waals surface area contributed by atoms with E-state index in [4.69, 9.17) is 16.6 Å². The summed E-state index contributed by atoms with van der Waals surface area (Å²) in [5.41, 5.74) is 5.37. The van der Waals surface area contributed by atoms with Crippen LogP contribution in [-0.4, -0.2) is 117 Å². The first-order valence-corrected chi connectivity index (χ1v) is 27.5. The van der Waals surface area contributed by atoms with Crippen molar-refractivity contribution in [1.82, 2.24) is 51.6 Å². The van der Waals surface area contributed by atoms with Crippen molar-refractivity contribution in [2.24, 2.45) is 10.4 Å². The zero-order valence-electron chi connectivity index (χ0n) is 44.6. The number of amides is 7. The summed E-state index contributed by atoms with van der Waals surface area (Å²) in [7, 11) is 0. The molecule has 2 aromatic heterocycles. The molecular formula is C57H68ClN11O7S. The number of carbonyl (C=O) groups is 7. The van der Waals surface area contributed by atoms with E-state index in [1.54, 1.807) is 23.5 Å². The molecule has 0 aliphatic carbocycles. The highest BCUT2D eigenvalue weighted by molar-refractivity contribution is 7.15. The van der Waals surface area contributed by atoms with Gasteiger partial charge in [0.25, 0.3) is 0 Å². The number of carbonyl (C=O) groups excluding carboxylic acids is 7. The van der Waals surface area contributed by atoms with Gasteiger partial charge in [0.2, 0.25) is 41.4 Å². The maximum Gasteiger partial charge on any atom is 0.246 e. The minimum atomic E-state index is -1.29. The summed E-state index contributed by atoms with van der Waals surface area (Å²) < 4.78 is 1.93. The molecule has 406 valence electrons. The van der Waals surface area contributed by atoms with Gasteiger partial charge >= 0.3 is 0 Å². The average molecular weight is 1090 g/mol. The van der Waals surface area contributed by atoms with E-state index in [2.05, 4.69) is 42.1 Å². The third kappa shape index (κ3) is 13.3. The summed E-state index contributed by atoms with van der Waals surface area (Å²) in [6.07, 6.45) is 2.37. The predicted molar refractivity (Wildman–Crippen MR) is 296 cm³/mol. The molecule has 8 rings (SSSR count). The van der Waals surface area contributed by atoms with Crippen molar-refractivity contribution in [3.63, 3.8) is 0 Å². The smallest absolute Gasteiger partial charge is 0.246 e. The summed E-state index contributed by atoms with van der Waals surface area (Å²) in [5.74, 6) is -2.63. The van der Waals surface area contributed by atoms with Gasteiger partial charge in [-0.2, -0.15) is 0 Å². The van der Waals surface area contributed by atoms with Crippen LogP contribution in [-0.2, 0) is 40.0 Å². The Morgan fingerprint density at radius 2 is 1.45 bits per heavy atom. The fourth-order valence-electron chi connectivity index (χ4n) is 9.93. The van der Waals surface area contributed by atoms with Crippen LogP contribution in [0.3, 0.4) is 0 Å². The minimum Gasteiger partial charge on any atom is -0.354 e. The fraction of sp³-hybridized carbons (Fsp3) is 0.439. The summed E-state index contributed by atoms with van der Waals surface area (Å²) in [5, 5.41) is 27.4. The quantitative estimate of drug-likeness (QED) is 0.108. The number of rotatable bonds is 8. The number of hydrogen-bond acceptors (Lipinski definition) is 11. The van der Waals surface area contributed by atoms with Crippen molar-refractivity contribution in [3.05, 3.63) is 123 Å². The zero-order chi connectivity index (χ0) is 55.1. The Kier molecular flexibility index (Phi) is 17.7. The van der Waals surface area contributed by atoms with Crippen molar-refractivity contribution in [2.75, 3.05) is 19.6 Å². The Morgan fingerprint density at radius 1 is 0.766 bits per heavy atom. The molecular weight excluding hydrogens is 1020 g/mol. The predicted octanol–water partition coefficient (Wildman–Crippen LogP) is 5.90. The molecule has 0 radical (unpaired) electrons. The van der Waals surface area contributed by atoms with Gasteiger partial charge in [0.05, 0.1) is 12.1 Å². The molecule has 1 unspecified atom stereocenters. The van der Waals surface area contributed by atoms with E-state index in [0.29, 0.717) is 61.0 Å². The lowest BCUT2D eigenvalue weighted by Gasteiger charge is -2.35. The van der Waals surface area contributed by atoms with Crippen LogP contribution in [0, 0.1) is 26.2 Å². The van der Waals surface area contributed by atoms with E-state index in [9.17, 15) is 33.6 Å². The second-order valence-corrected chi connectivity index (χ2v) is 22.8. The lowest BCUT2D eigenvalue weighted by molar-refractivity contribution is -0.144. The van der Waals surface area contributed by atoms with E-state index in [0.717, 1.165) is 43.3 Å². The standard InChI is InChI=1S/C57H68ClN11O7S/c1-32-34(3)77-56-47(32)48(39-23-25-40(58)26-24-39)62-41(50-67-66-35(4)69(50)56)30-46(71)60-31-43-52(73)59-27-13-9-12-18-45(70)65-49(57(5,6)7)55(76)68-28-14-17-44(68)54(75)63-42(53(74)61-33(2)51(72)64-43)29-36-19-21-38(22-20-36)37-15-10-8-11-16-37/h8,10-11,15-16,19-26,33,41-44,49H,9,12-14,17-18,27-31H2,1-7H3,(H,59,73)(H,60,71)(H,61,74)(H,63,75)(H,64,72)(H,65,70)/t33-,41+,42-,43-,44+,49?/m1/s1. The molecule has 5 heterocycles. The third-order valence-electron chi connectivity index (χ3n) is 14.4. The van der Waals surface area contributed by atoms with Gasteiger partial charge in [0.15, 0.2) is 5.82 Å². The van der Waals surface area contributed by atoms with Gasteiger partial charge in [-0.25, -0.2) is 0 Å². The maximum absolute atomic E-state index is 14.4. The van der Waals surface area contributed by atoms with Crippen LogP contribution < -0.4 is 31.9 Å². The molecule has 3 aliphatic rings. The van der Waals surface area contributed by atoms with Crippen LogP contribution in [0.2, 0.25) is 5.02 Å². The first-order valence-electron chi connectivity index (χ1n) is 26.3. The van der Waals surface area contributed by atoms with E-state index >= 15 is 0 Å². The van der Waals surface area contributed by atoms with E-state index in [-0.39, 0.29) is 44.2 Å². The van der Waals surface area contributed by atoms with Crippen LogP contribution in [0.4, 0.5) is 0 Å². The Balaban J connectivity index is 1.03. The van der Waals surface area contributed by atoms with Gasteiger partial charge in [0, 0.05) is 53.5 Å². The van der Waals surface area contributed by atoms with E-state index in [1.807, 2.05) is 113 Å². The van der Waals surface area contributed by atoms with Gasteiger partial charge < -0.3 is 36.8 Å². The molecule has 2 fully saturated rings. The largest absolute Gasteiger partial charge is 0.354 e. The van der Waals surface area contributed by atoms with Gasteiger partial charge in [-0.15, -0.1) is 21.5 Å². The Labute approximate surface area is 458 Å². The van der Waals surface area contributed by atoms with Gasteiger partial charge in [-0.1, -0.05) is 106 Å². The second-order valence-electron chi connectivity index (χ2n) is 21.2. The number of aliphatic imine (C=N–C) groups is 1. The van der Waals surface area contributed by atoms with Crippen molar-refractivity contribution < 1.29 is 33.6 Å². The lowest BCUT2D eigenvalue weighted by atomic mass is 9.85. The summed E-state index contributed by atoms with van der Waals surface area (Å²) in [6, 6.07) is 18.3. The molecule has 6 N–H and O–H groups in total. The molecule has 0 saturated carbocycles. The number of fused-ring (bicyclic) bond motifs is 4. The SMILES string of the molecule is Cc1sc2c(c1C)C(c1ccc(Cl)cc1)=N[C@@H](CC(=O)NC[C@H]1NC(=O)[C@@H](C)NC(=O)[C@@H](Cc3ccc(-c4ccccc4)cc3)NC(=O)[C@@H]3CCCN3C(=O)C(C(C)(C)C)NC(=O)CCCCCNC1=O)c1nnc(C)n1-2. The zero-order valence-corrected chi connectivity index (χ0v) is 46.2. The number of benzene rings is 3. The molecule has 6 atom stereocenters. The van der Waals surface area contributed by atoms with Gasteiger partial charge in [-0.05, 0) is 93.2 Å². The molecule has 3 aliphatic heterocycles. The first-order chi connectivity index (χ1) is 36.8. The highest BCUT2D eigenvalue weighted by atomic mass is 35.5. The first kappa shape index (κ1) is 56.0. The number of aromatic nitrogens is 3. The minimum absolute atomic E-state index is 0.0367. The molecule has 0 spiro atoms. The van der Waals surface area contributed by atoms with Crippen molar-refractivity contribution in [1.29, 1.82) is 0 Å². The molecule has 0 bridgehead atoms. The van der Waals surface area contributed by atoms with Gasteiger partial charge in [0.1, 0.15) is 47.1 Å². The molecule has 3 aromatic carbocycles. The summed E-state index contributed by atoms with van der Waals surface area (Å²) >= 11 is 7.89. The molecule has 2 saturated heterocycles. The van der Waals surface area contributed by atoms with Crippen molar-refractivity contribution in [2.45, 2.75) is 136 Å². The number of nitrogens with one attached hydrogen (secondary N) is 6. The number of thiophene rings is 1. The molecule has 77 heavy (non-hydrogen) atoms. The van der Waals surface area contributed by atoms with Gasteiger partial charge in [-0.3, -0.25) is 43.1 Å². The molecule has 18 nitrogen and oxygen atoms in total. The summed E-state index contributed by atoms with van der Waals surface area (Å²) in [6.45, 7) is 13.1. The van der Waals surface area contributed by atoms with Crippen LogP contribution in [0.25, 0.3) is 16.1 Å². The van der Waals surface area contributed by atoms with E-state index in [1.165, 1.54) is 11.8 Å². The average Bonchev–Trinajstić information content (AvgIpc) is 4.17. The highest BCUT2D eigenvalue weighted by Crippen LogP contribution is 2.40. The molecule has 7 amide bonds. The van der Waals surface area contributed by atoms with Crippen molar-refractivity contribution >= 4 is 70.0 Å². The number of hydrogen-bond donors (Lipinski definition) is 6. The Hall–Kier alpha value is -7.25. The number of halogens is 1. The Morgan fingerprint density at radius 3 is 2.17 bits per heavy atom. The third-order valence-corrected chi connectivity index (χ3v) is 15.8. The second kappa shape index (κ2) is 24.4. The normalized spacial score (nSPS) is 22.3. The van der Waals surface area contributed by atoms with E-state index < -0.39 is 71.2 Å². The fourth-order valence-corrected chi connectivity index (χ4v) is 11.3. The topological polar surface area (TPSA) is 238 Å². The lowest BCUT2D eigenvalue weighted by Crippen LogP contribution is -2.60. The number of nitrogens with zero attached hydrogens (tertiary/aromatic N) is 5. The van der Waals surface area contributed by atoms with Crippen LogP contribution in [0.1, 0.15) is 117 Å². The number of aryl methyl sites for hydroxylation is 2. The van der Waals surface area contributed by atoms with Crippen molar-refractivity contribution in [3.8, 4) is 16.1 Å². The van der Waals surface area contributed by atoms with Crippen LogP contribution in [0.5, 0.6) is 0 Å². The Bertz CT molecular complexity index is 3040. The highest BCUT2D eigenvalue weighted by Gasteiger charge is 2.43.